The molecular weight excluding hydrogens is 268 g/mol. The number of carbonyl (C=O) groups excluding carboxylic acids is 1. The van der Waals surface area contributed by atoms with Gasteiger partial charge in [-0.25, -0.2) is 4.79 Å². The van der Waals surface area contributed by atoms with E-state index in [0.717, 1.165) is 19.3 Å². The lowest BCUT2D eigenvalue weighted by Gasteiger charge is -2.37. The number of rotatable bonds is 5. The van der Waals surface area contributed by atoms with Gasteiger partial charge in [0.05, 0.1) is 5.41 Å². The first kappa shape index (κ1) is 17.5. The van der Waals surface area contributed by atoms with Crippen molar-refractivity contribution in [3.8, 4) is 0 Å². The van der Waals surface area contributed by atoms with E-state index in [4.69, 9.17) is 0 Å². The number of nitrogens with zero attached hydrogens (tertiary/aromatic N) is 1. The molecule has 0 saturated heterocycles. The van der Waals surface area contributed by atoms with Crippen molar-refractivity contribution >= 4 is 12.0 Å². The number of hydrogen-bond donors (Lipinski definition) is 2. The van der Waals surface area contributed by atoms with Gasteiger partial charge in [0.2, 0.25) is 0 Å². The average Bonchev–Trinajstić information content (AvgIpc) is 2.41. The molecule has 1 aliphatic carbocycles. The van der Waals surface area contributed by atoms with Gasteiger partial charge in [0.15, 0.2) is 0 Å². The Morgan fingerprint density at radius 2 is 1.86 bits per heavy atom. The fourth-order valence-electron chi connectivity index (χ4n) is 2.83. The summed E-state index contributed by atoms with van der Waals surface area (Å²) in [6.45, 7) is 10.2. The smallest absolute Gasteiger partial charge is 0.318 e. The van der Waals surface area contributed by atoms with E-state index in [1.165, 1.54) is 0 Å². The summed E-state index contributed by atoms with van der Waals surface area (Å²) < 4.78 is 0. The van der Waals surface area contributed by atoms with Gasteiger partial charge in [0, 0.05) is 18.6 Å². The van der Waals surface area contributed by atoms with Gasteiger partial charge in [-0.05, 0) is 33.6 Å². The van der Waals surface area contributed by atoms with Crippen LogP contribution in [0.4, 0.5) is 4.79 Å². The topological polar surface area (TPSA) is 69.6 Å². The molecule has 1 aliphatic rings. The molecule has 0 aromatic carbocycles. The summed E-state index contributed by atoms with van der Waals surface area (Å²) in [7, 11) is 0. The highest BCUT2D eigenvalue weighted by molar-refractivity contribution is 5.78. The monoisotopic (exact) mass is 296 g/mol. The average molecular weight is 296 g/mol. The minimum absolute atomic E-state index is 0.199. The van der Waals surface area contributed by atoms with Crippen LogP contribution >= 0.6 is 0 Å². The molecule has 0 unspecified atom stereocenters. The number of nitrogens with one attached hydrogen (secondary N) is 1. The minimum Gasteiger partial charge on any atom is -0.481 e. The van der Waals surface area contributed by atoms with E-state index >= 15 is 0 Å². The second kappa shape index (κ2) is 6.96. The number of amides is 2. The largest absolute Gasteiger partial charge is 0.481 e. The van der Waals surface area contributed by atoms with Crippen LogP contribution in [0.15, 0.2) is 12.7 Å². The van der Waals surface area contributed by atoms with Crippen molar-refractivity contribution in [2.45, 2.75) is 58.4 Å². The maximum Gasteiger partial charge on any atom is 0.318 e. The third-order valence-electron chi connectivity index (χ3n) is 4.21. The van der Waals surface area contributed by atoms with Crippen LogP contribution in [-0.2, 0) is 4.79 Å². The molecule has 0 atom stereocenters. The molecule has 1 fully saturated rings. The molecule has 0 aliphatic heterocycles. The predicted octanol–water partition coefficient (Wildman–Crippen LogP) is 3.02. The van der Waals surface area contributed by atoms with E-state index in [0.29, 0.717) is 19.4 Å². The highest BCUT2D eigenvalue weighted by atomic mass is 16.4. The zero-order valence-corrected chi connectivity index (χ0v) is 13.4. The van der Waals surface area contributed by atoms with Gasteiger partial charge in [-0.3, -0.25) is 4.79 Å². The van der Waals surface area contributed by atoms with Gasteiger partial charge in [0.1, 0.15) is 0 Å². The first-order valence-corrected chi connectivity index (χ1v) is 7.63. The molecule has 0 aromatic rings. The van der Waals surface area contributed by atoms with Crippen molar-refractivity contribution in [1.82, 2.24) is 10.2 Å². The summed E-state index contributed by atoms with van der Waals surface area (Å²) >= 11 is 0. The molecule has 0 radical (unpaired) electrons. The number of aliphatic carboxylic acids is 1. The number of carboxylic acid groups (broad SMARTS) is 1. The number of carbonyl (C=O) groups is 2. The molecule has 21 heavy (non-hydrogen) atoms. The maximum absolute atomic E-state index is 12.4. The fraction of sp³-hybridized carbons (Fsp3) is 0.750. The third-order valence-corrected chi connectivity index (χ3v) is 4.21. The van der Waals surface area contributed by atoms with Crippen LogP contribution in [0.2, 0.25) is 0 Å². The molecule has 5 heteroatoms. The summed E-state index contributed by atoms with van der Waals surface area (Å²) in [5.74, 6) is -0.798. The molecule has 2 N–H and O–H groups in total. The summed E-state index contributed by atoms with van der Waals surface area (Å²) in [5.41, 5.74) is -1.13. The predicted molar refractivity (Wildman–Crippen MR) is 83.2 cm³/mol. The van der Waals surface area contributed by atoms with E-state index in [2.05, 4.69) is 11.9 Å². The quantitative estimate of drug-likeness (QED) is 0.766. The van der Waals surface area contributed by atoms with Gasteiger partial charge in [-0.2, -0.15) is 0 Å². The number of carboxylic acids is 1. The zero-order valence-electron chi connectivity index (χ0n) is 13.4. The Morgan fingerprint density at radius 1 is 1.29 bits per heavy atom. The Hall–Kier alpha value is -1.52. The van der Waals surface area contributed by atoms with Crippen LogP contribution in [0.5, 0.6) is 0 Å². The summed E-state index contributed by atoms with van der Waals surface area (Å²) in [6, 6.07) is -0.228. The van der Waals surface area contributed by atoms with Gasteiger partial charge in [-0.1, -0.05) is 25.3 Å². The first-order valence-electron chi connectivity index (χ1n) is 7.63. The molecule has 5 nitrogen and oxygen atoms in total. The highest BCUT2D eigenvalue weighted by Gasteiger charge is 2.40. The van der Waals surface area contributed by atoms with Gasteiger partial charge in [-0.15, -0.1) is 6.58 Å². The second-order valence-electron chi connectivity index (χ2n) is 6.87. The van der Waals surface area contributed by atoms with E-state index in [-0.39, 0.29) is 18.1 Å². The van der Waals surface area contributed by atoms with Crippen molar-refractivity contribution in [3.63, 3.8) is 0 Å². The Morgan fingerprint density at radius 3 is 2.29 bits per heavy atom. The second-order valence-corrected chi connectivity index (χ2v) is 6.87. The van der Waals surface area contributed by atoms with Crippen molar-refractivity contribution in [2.75, 3.05) is 13.1 Å². The number of hydrogen-bond acceptors (Lipinski definition) is 2. The molecule has 1 rings (SSSR count). The van der Waals surface area contributed by atoms with Gasteiger partial charge < -0.3 is 15.3 Å². The lowest BCUT2D eigenvalue weighted by Crippen LogP contribution is -2.53. The molecule has 0 aromatic heterocycles. The van der Waals surface area contributed by atoms with E-state index in [1.54, 1.807) is 11.0 Å². The Kier molecular flexibility index (Phi) is 5.81. The molecule has 0 bridgehead atoms. The standard InChI is InChI=1S/C16H28N2O3/c1-5-11-18(15(2,3)4)14(21)17-12-16(13(19)20)9-7-6-8-10-16/h5H,1,6-12H2,2-4H3,(H,17,21)(H,19,20). The number of urea groups is 1. The fourth-order valence-corrected chi connectivity index (χ4v) is 2.83. The van der Waals surface area contributed by atoms with Crippen LogP contribution in [0.3, 0.4) is 0 Å². The van der Waals surface area contributed by atoms with E-state index < -0.39 is 11.4 Å². The van der Waals surface area contributed by atoms with Crippen molar-refractivity contribution < 1.29 is 14.7 Å². The molecular formula is C16H28N2O3. The molecule has 0 spiro atoms. The normalized spacial score (nSPS) is 17.9. The van der Waals surface area contributed by atoms with Crippen LogP contribution in [0.25, 0.3) is 0 Å². The van der Waals surface area contributed by atoms with E-state index in [9.17, 15) is 14.7 Å². The van der Waals surface area contributed by atoms with Crippen molar-refractivity contribution in [3.05, 3.63) is 12.7 Å². The molecule has 1 saturated carbocycles. The SMILES string of the molecule is C=CCN(C(=O)NCC1(C(=O)O)CCCCC1)C(C)(C)C. The van der Waals surface area contributed by atoms with Crippen LogP contribution in [-0.4, -0.2) is 40.6 Å². The van der Waals surface area contributed by atoms with Gasteiger partial charge >= 0.3 is 12.0 Å². The molecule has 2 amide bonds. The summed E-state index contributed by atoms with van der Waals surface area (Å²) in [5, 5.41) is 12.3. The molecule has 120 valence electrons. The van der Waals surface area contributed by atoms with Crippen LogP contribution < -0.4 is 5.32 Å². The Balaban J connectivity index is 2.72. The lowest BCUT2D eigenvalue weighted by molar-refractivity contribution is -0.150. The van der Waals surface area contributed by atoms with E-state index in [1.807, 2.05) is 20.8 Å². The minimum atomic E-state index is -0.800. The van der Waals surface area contributed by atoms with Crippen molar-refractivity contribution in [1.29, 1.82) is 0 Å². The molecule has 0 heterocycles. The summed E-state index contributed by atoms with van der Waals surface area (Å²) in [6.07, 6.45) is 5.86. The first-order chi connectivity index (χ1) is 9.73. The van der Waals surface area contributed by atoms with Crippen LogP contribution in [0.1, 0.15) is 52.9 Å². The highest BCUT2D eigenvalue weighted by Crippen LogP contribution is 2.36. The van der Waals surface area contributed by atoms with Crippen molar-refractivity contribution in [2.24, 2.45) is 5.41 Å². The maximum atomic E-state index is 12.4. The van der Waals surface area contributed by atoms with Crippen LogP contribution in [0, 0.1) is 5.41 Å². The summed E-state index contributed by atoms with van der Waals surface area (Å²) in [4.78, 5) is 25.6. The zero-order chi connectivity index (χ0) is 16.1. The Bertz CT molecular complexity index is 393. The Labute approximate surface area is 127 Å². The lowest BCUT2D eigenvalue weighted by atomic mass is 9.74. The third kappa shape index (κ3) is 4.48. The van der Waals surface area contributed by atoms with Gasteiger partial charge in [0.25, 0.3) is 0 Å².